The van der Waals surface area contributed by atoms with E-state index in [1.165, 1.54) is 0 Å². The summed E-state index contributed by atoms with van der Waals surface area (Å²) in [5.41, 5.74) is 2.90. The number of rotatable bonds is 12. The quantitative estimate of drug-likeness (QED) is 0.373. The van der Waals surface area contributed by atoms with Crippen LogP contribution < -0.4 is 0 Å². The Hall–Kier alpha value is -2.84. The van der Waals surface area contributed by atoms with E-state index in [4.69, 9.17) is 18.9 Å². The number of hydrogen-bond acceptors (Lipinski definition) is 6. The molecule has 0 heterocycles. The van der Waals surface area contributed by atoms with Crippen molar-refractivity contribution in [1.82, 2.24) is 0 Å². The second-order valence-corrected chi connectivity index (χ2v) is 8.85. The Balaban J connectivity index is 1.60. The van der Waals surface area contributed by atoms with Crippen LogP contribution in [0.3, 0.4) is 0 Å². The van der Waals surface area contributed by atoms with E-state index >= 15 is 0 Å². The molecule has 6 atom stereocenters. The Morgan fingerprint density at radius 2 is 0.861 bits per heavy atom. The number of ether oxygens (including phenoxy) is 4. The summed E-state index contributed by atoms with van der Waals surface area (Å²) in [6.45, 7) is 4.75. The molecule has 6 nitrogen and oxygen atoms in total. The molecule has 0 unspecified atom stereocenters. The second-order valence-electron chi connectivity index (χ2n) is 8.85. The van der Waals surface area contributed by atoms with Crippen LogP contribution in [0.2, 0.25) is 0 Å². The average molecular weight is 491 g/mol. The molecule has 3 aromatic carbocycles. The molecular weight excluding hydrogens is 456 g/mol. The molecule has 1 saturated carbocycles. The zero-order chi connectivity index (χ0) is 25.2. The standard InChI is InChI=1S/C30H34O6/c1-2-18-33-27-25(31)26(32)28(34-19-22-12-6-3-7-13-22)30(36-21-24-16-10-5-11-17-24)29(27)35-20-23-14-8-4-9-15-23/h2-17,25-32H,1,18-21H2/t25-,26+,27+,28+,29-,30+/m1/s1. The lowest BCUT2D eigenvalue weighted by atomic mass is 9.84. The Morgan fingerprint density at radius 3 is 1.22 bits per heavy atom. The van der Waals surface area contributed by atoms with Crippen LogP contribution in [0.4, 0.5) is 0 Å². The van der Waals surface area contributed by atoms with Crippen LogP contribution in [0.25, 0.3) is 0 Å². The Labute approximate surface area is 212 Å². The first kappa shape index (κ1) is 26.2. The van der Waals surface area contributed by atoms with Crippen molar-refractivity contribution < 1.29 is 29.2 Å². The molecule has 0 aliphatic heterocycles. The lowest BCUT2D eigenvalue weighted by Gasteiger charge is -2.47. The van der Waals surface area contributed by atoms with Crippen molar-refractivity contribution >= 4 is 0 Å². The van der Waals surface area contributed by atoms with Gasteiger partial charge in [-0.15, -0.1) is 6.58 Å². The summed E-state index contributed by atoms with van der Waals surface area (Å²) < 4.78 is 24.8. The van der Waals surface area contributed by atoms with E-state index in [1.54, 1.807) is 6.08 Å². The molecule has 0 bridgehead atoms. The van der Waals surface area contributed by atoms with Crippen LogP contribution in [0.5, 0.6) is 0 Å². The van der Waals surface area contributed by atoms with Gasteiger partial charge in [0.15, 0.2) is 0 Å². The Kier molecular flexibility index (Phi) is 9.81. The third-order valence-electron chi connectivity index (χ3n) is 6.26. The van der Waals surface area contributed by atoms with E-state index in [-0.39, 0.29) is 13.2 Å². The highest BCUT2D eigenvalue weighted by Gasteiger charge is 2.52. The largest absolute Gasteiger partial charge is 0.387 e. The third kappa shape index (κ3) is 6.89. The van der Waals surface area contributed by atoms with Crippen LogP contribution in [-0.2, 0) is 38.8 Å². The molecule has 2 N–H and O–H groups in total. The fraction of sp³-hybridized carbons (Fsp3) is 0.333. The average Bonchev–Trinajstić information content (AvgIpc) is 2.93. The van der Waals surface area contributed by atoms with Crippen LogP contribution in [0.1, 0.15) is 16.7 Å². The van der Waals surface area contributed by atoms with E-state index in [2.05, 4.69) is 6.58 Å². The molecule has 190 valence electrons. The van der Waals surface area contributed by atoms with Gasteiger partial charge >= 0.3 is 0 Å². The summed E-state index contributed by atoms with van der Waals surface area (Å²) in [5, 5.41) is 22.2. The van der Waals surface area contributed by atoms with Crippen molar-refractivity contribution in [2.45, 2.75) is 56.4 Å². The predicted octanol–water partition coefficient (Wildman–Crippen LogP) is 4.05. The molecule has 3 aromatic rings. The summed E-state index contributed by atoms with van der Waals surface area (Å²) in [7, 11) is 0. The van der Waals surface area contributed by atoms with Crippen LogP contribution in [0.15, 0.2) is 104 Å². The summed E-state index contributed by atoms with van der Waals surface area (Å²) in [6.07, 6.45) is -3.94. The summed E-state index contributed by atoms with van der Waals surface area (Å²) in [6, 6.07) is 29.2. The van der Waals surface area contributed by atoms with Crippen molar-refractivity contribution in [2.24, 2.45) is 0 Å². The molecule has 1 aliphatic carbocycles. The van der Waals surface area contributed by atoms with E-state index in [0.717, 1.165) is 16.7 Å². The van der Waals surface area contributed by atoms with E-state index in [1.807, 2.05) is 91.0 Å². The topological polar surface area (TPSA) is 77.4 Å². The molecule has 1 fully saturated rings. The molecule has 1 aliphatic rings. The van der Waals surface area contributed by atoms with Crippen molar-refractivity contribution in [3.05, 3.63) is 120 Å². The van der Waals surface area contributed by atoms with Gasteiger partial charge in [-0.2, -0.15) is 0 Å². The summed E-state index contributed by atoms with van der Waals surface area (Å²) >= 11 is 0. The monoisotopic (exact) mass is 490 g/mol. The first-order valence-corrected chi connectivity index (χ1v) is 12.2. The van der Waals surface area contributed by atoms with Crippen LogP contribution >= 0.6 is 0 Å². The highest BCUT2D eigenvalue weighted by molar-refractivity contribution is 5.16. The van der Waals surface area contributed by atoms with Crippen molar-refractivity contribution in [2.75, 3.05) is 6.61 Å². The minimum atomic E-state index is -1.24. The molecule has 4 rings (SSSR count). The zero-order valence-corrected chi connectivity index (χ0v) is 20.3. The van der Waals surface area contributed by atoms with Gasteiger partial charge in [0.25, 0.3) is 0 Å². The van der Waals surface area contributed by atoms with Crippen molar-refractivity contribution in [3.8, 4) is 0 Å². The van der Waals surface area contributed by atoms with Crippen LogP contribution in [-0.4, -0.2) is 53.4 Å². The normalized spacial score (nSPS) is 25.9. The minimum Gasteiger partial charge on any atom is -0.387 e. The van der Waals surface area contributed by atoms with Gasteiger partial charge < -0.3 is 29.2 Å². The maximum Gasteiger partial charge on any atom is 0.116 e. The zero-order valence-electron chi connectivity index (χ0n) is 20.3. The maximum absolute atomic E-state index is 11.1. The van der Waals surface area contributed by atoms with Gasteiger partial charge in [0.2, 0.25) is 0 Å². The maximum atomic E-state index is 11.1. The van der Waals surface area contributed by atoms with Gasteiger partial charge in [0.05, 0.1) is 26.4 Å². The van der Waals surface area contributed by atoms with Crippen molar-refractivity contribution in [1.29, 1.82) is 0 Å². The Morgan fingerprint density at radius 1 is 0.528 bits per heavy atom. The third-order valence-corrected chi connectivity index (χ3v) is 6.26. The molecule has 0 aromatic heterocycles. The Bertz CT molecular complexity index is 1030. The number of aliphatic hydroxyl groups excluding tert-OH is 2. The first-order valence-electron chi connectivity index (χ1n) is 12.2. The minimum absolute atomic E-state index is 0.195. The van der Waals surface area contributed by atoms with Gasteiger partial charge in [-0.05, 0) is 16.7 Å². The van der Waals surface area contributed by atoms with Crippen molar-refractivity contribution in [3.63, 3.8) is 0 Å². The number of benzene rings is 3. The smallest absolute Gasteiger partial charge is 0.116 e. The fourth-order valence-electron chi connectivity index (χ4n) is 4.40. The molecule has 0 amide bonds. The summed E-state index contributed by atoms with van der Waals surface area (Å²) in [5.74, 6) is 0. The second kappa shape index (κ2) is 13.5. The predicted molar refractivity (Wildman–Crippen MR) is 137 cm³/mol. The molecular formula is C30H34O6. The molecule has 36 heavy (non-hydrogen) atoms. The highest BCUT2D eigenvalue weighted by atomic mass is 16.6. The van der Waals surface area contributed by atoms with E-state index in [9.17, 15) is 10.2 Å². The molecule has 0 radical (unpaired) electrons. The van der Waals surface area contributed by atoms with Gasteiger partial charge in [-0.3, -0.25) is 0 Å². The number of hydrogen-bond donors (Lipinski definition) is 2. The van der Waals surface area contributed by atoms with Crippen LogP contribution in [0, 0.1) is 0 Å². The highest BCUT2D eigenvalue weighted by Crippen LogP contribution is 2.32. The van der Waals surface area contributed by atoms with E-state index < -0.39 is 36.6 Å². The van der Waals surface area contributed by atoms with E-state index in [0.29, 0.717) is 13.2 Å². The molecule has 0 spiro atoms. The lowest BCUT2D eigenvalue weighted by Crippen LogP contribution is -2.66. The lowest BCUT2D eigenvalue weighted by molar-refractivity contribution is -0.270. The SMILES string of the molecule is C=CCO[C@H]1[C@H](O)[C@H](O)[C@H](OCc2ccccc2)[C@H](OCc2ccccc2)[C@@H]1OCc1ccccc1. The van der Waals surface area contributed by atoms with Gasteiger partial charge in [0, 0.05) is 0 Å². The van der Waals surface area contributed by atoms with Gasteiger partial charge in [0.1, 0.15) is 36.6 Å². The number of aliphatic hydroxyl groups is 2. The molecule has 0 saturated heterocycles. The summed E-state index contributed by atoms with van der Waals surface area (Å²) in [4.78, 5) is 0. The first-order chi connectivity index (χ1) is 17.7. The molecule has 6 heteroatoms. The fourth-order valence-corrected chi connectivity index (χ4v) is 4.40. The van der Waals surface area contributed by atoms with Gasteiger partial charge in [-0.1, -0.05) is 97.1 Å². The van der Waals surface area contributed by atoms with Gasteiger partial charge in [-0.25, -0.2) is 0 Å².